The molecule has 0 aromatic heterocycles. The van der Waals surface area contributed by atoms with Gasteiger partial charge in [-0.2, -0.15) is 0 Å². The summed E-state index contributed by atoms with van der Waals surface area (Å²) in [6, 6.07) is 4.92. The lowest BCUT2D eigenvalue weighted by molar-refractivity contribution is 0.0429. The minimum Gasteiger partial charge on any atom is -0.396 e. The van der Waals surface area contributed by atoms with Gasteiger partial charge < -0.3 is 5.11 Å². The smallest absolute Gasteiger partial charge is 0.142 e. The summed E-state index contributed by atoms with van der Waals surface area (Å²) in [5, 5.41) is 9.64. The van der Waals surface area contributed by atoms with E-state index in [1.807, 2.05) is 6.07 Å². The second kappa shape index (κ2) is 5.55. The third-order valence-corrected chi connectivity index (χ3v) is 4.09. The molecule has 1 fully saturated rings. The molecule has 1 aliphatic rings. The topological polar surface area (TPSA) is 23.5 Å². The molecule has 1 heterocycles. The van der Waals surface area contributed by atoms with Crippen molar-refractivity contribution in [2.75, 3.05) is 19.7 Å². The molecular formula is C14H19ClFNO. The summed E-state index contributed by atoms with van der Waals surface area (Å²) in [5.74, 6) is -0.365. The normalized spacial score (nSPS) is 25.3. The van der Waals surface area contributed by atoms with E-state index in [9.17, 15) is 9.50 Å². The van der Waals surface area contributed by atoms with Crippen LogP contribution in [0.3, 0.4) is 0 Å². The minimum absolute atomic E-state index is 0.0436. The SMILES string of the molecule is CC1(CO)CCCN(Cc2cccc(F)c2Cl)C1. The summed E-state index contributed by atoms with van der Waals surface area (Å²) in [7, 11) is 0. The Morgan fingerprint density at radius 1 is 1.50 bits per heavy atom. The molecule has 4 heteroatoms. The summed E-state index contributed by atoms with van der Waals surface area (Å²) in [5.41, 5.74) is 0.775. The number of nitrogens with zero attached hydrogens (tertiary/aromatic N) is 1. The van der Waals surface area contributed by atoms with Gasteiger partial charge in [0.25, 0.3) is 0 Å². The first-order valence-electron chi connectivity index (χ1n) is 6.30. The fraction of sp³-hybridized carbons (Fsp3) is 0.571. The first kappa shape index (κ1) is 13.8. The Hall–Kier alpha value is -0.640. The van der Waals surface area contributed by atoms with Gasteiger partial charge >= 0.3 is 0 Å². The van der Waals surface area contributed by atoms with Gasteiger partial charge in [-0.3, -0.25) is 4.90 Å². The monoisotopic (exact) mass is 271 g/mol. The minimum atomic E-state index is -0.365. The number of aliphatic hydroxyl groups excluding tert-OH is 1. The van der Waals surface area contributed by atoms with Gasteiger partial charge in [0.15, 0.2) is 0 Å². The Bertz CT molecular complexity index is 426. The largest absolute Gasteiger partial charge is 0.396 e. The predicted molar refractivity (Wildman–Crippen MR) is 71.1 cm³/mol. The van der Waals surface area contributed by atoms with Crippen LogP contribution in [0, 0.1) is 11.2 Å². The molecule has 0 amide bonds. The Morgan fingerprint density at radius 2 is 2.28 bits per heavy atom. The van der Waals surface area contributed by atoms with Crippen molar-refractivity contribution in [3.05, 3.63) is 34.6 Å². The van der Waals surface area contributed by atoms with E-state index in [0.717, 1.165) is 31.5 Å². The van der Waals surface area contributed by atoms with Crippen LogP contribution in [0.1, 0.15) is 25.3 Å². The molecule has 0 aliphatic carbocycles. The summed E-state index contributed by atoms with van der Waals surface area (Å²) >= 11 is 5.97. The van der Waals surface area contributed by atoms with E-state index in [0.29, 0.717) is 6.54 Å². The van der Waals surface area contributed by atoms with Crippen LogP contribution in [-0.2, 0) is 6.54 Å². The lowest BCUT2D eigenvalue weighted by atomic mass is 9.82. The number of hydrogen-bond donors (Lipinski definition) is 1. The lowest BCUT2D eigenvalue weighted by Gasteiger charge is -2.39. The molecule has 100 valence electrons. The molecule has 0 saturated carbocycles. The molecule has 1 unspecified atom stereocenters. The van der Waals surface area contributed by atoms with Crippen LogP contribution in [0.15, 0.2) is 18.2 Å². The Balaban J connectivity index is 2.07. The van der Waals surface area contributed by atoms with Crippen molar-refractivity contribution in [1.29, 1.82) is 0 Å². The van der Waals surface area contributed by atoms with Gasteiger partial charge in [-0.15, -0.1) is 0 Å². The van der Waals surface area contributed by atoms with Crippen LogP contribution < -0.4 is 0 Å². The van der Waals surface area contributed by atoms with Crippen molar-refractivity contribution in [2.24, 2.45) is 5.41 Å². The highest BCUT2D eigenvalue weighted by Gasteiger charge is 2.30. The number of aliphatic hydroxyl groups is 1. The van der Waals surface area contributed by atoms with Crippen LogP contribution >= 0.6 is 11.6 Å². The summed E-state index contributed by atoms with van der Waals surface area (Å²) in [6.07, 6.45) is 2.10. The average molecular weight is 272 g/mol. The van der Waals surface area contributed by atoms with Gasteiger partial charge in [0.1, 0.15) is 5.82 Å². The lowest BCUT2D eigenvalue weighted by Crippen LogP contribution is -2.43. The van der Waals surface area contributed by atoms with Crippen LogP contribution in [-0.4, -0.2) is 29.7 Å². The van der Waals surface area contributed by atoms with Crippen molar-refractivity contribution in [3.8, 4) is 0 Å². The zero-order chi connectivity index (χ0) is 13.2. The second-order valence-corrected chi connectivity index (χ2v) is 5.87. The van der Waals surface area contributed by atoms with Crippen LogP contribution in [0.25, 0.3) is 0 Å². The Morgan fingerprint density at radius 3 is 3.00 bits per heavy atom. The highest BCUT2D eigenvalue weighted by Crippen LogP contribution is 2.30. The summed E-state index contributed by atoms with van der Waals surface area (Å²) in [4.78, 5) is 2.24. The molecule has 18 heavy (non-hydrogen) atoms. The standard InChI is InChI=1S/C14H19ClFNO/c1-14(10-18)6-3-7-17(9-14)8-11-4-2-5-12(16)13(11)15/h2,4-5,18H,3,6-10H2,1H3. The molecule has 1 atom stereocenters. The Kier molecular flexibility index (Phi) is 4.25. The molecule has 1 saturated heterocycles. The zero-order valence-electron chi connectivity index (χ0n) is 10.6. The van der Waals surface area contributed by atoms with Gasteiger partial charge in [-0.1, -0.05) is 30.7 Å². The van der Waals surface area contributed by atoms with Crippen LogP contribution in [0.4, 0.5) is 4.39 Å². The van der Waals surface area contributed by atoms with Crippen LogP contribution in [0.2, 0.25) is 5.02 Å². The number of benzene rings is 1. The molecule has 0 spiro atoms. The fourth-order valence-corrected chi connectivity index (χ4v) is 2.79. The molecule has 1 aromatic rings. The van der Waals surface area contributed by atoms with E-state index in [2.05, 4.69) is 11.8 Å². The van der Waals surface area contributed by atoms with Crippen LogP contribution in [0.5, 0.6) is 0 Å². The molecule has 0 radical (unpaired) electrons. The molecule has 0 bridgehead atoms. The summed E-state index contributed by atoms with van der Waals surface area (Å²) < 4.78 is 13.4. The summed E-state index contributed by atoms with van der Waals surface area (Å²) in [6.45, 7) is 4.73. The molecule has 2 nitrogen and oxygen atoms in total. The fourth-order valence-electron chi connectivity index (χ4n) is 2.60. The maximum absolute atomic E-state index is 13.4. The molecule has 2 rings (SSSR count). The third kappa shape index (κ3) is 3.02. The van der Waals surface area contributed by atoms with Gasteiger partial charge in [0.05, 0.1) is 5.02 Å². The molecule has 1 N–H and O–H groups in total. The molecule has 1 aliphatic heterocycles. The average Bonchev–Trinajstić information content (AvgIpc) is 2.35. The van der Waals surface area contributed by atoms with Gasteiger partial charge in [0, 0.05) is 25.1 Å². The first-order valence-corrected chi connectivity index (χ1v) is 6.68. The predicted octanol–water partition coefficient (Wildman–Crippen LogP) is 3.07. The van der Waals surface area contributed by atoms with Gasteiger partial charge in [0.2, 0.25) is 0 Å². The number of likely N-dealkylation sites (tertiary alicyclic amines) is 1. The van der Waals surface area contributed by atoms with E-state index in [1.54, 1.807) is 6.07 Å². The van der Waals surface area contributed by atoms with Crippen molar-refractivity contribution in [1.82, 2.24) is 4.90 Å². The van der Waals surface area contributed by atoms with Crippen molar-refractivity contribution < 1.29 is 9.50 Å². The third-order valence-electron chi connectivity index (χ3n) is 3.67. The van der Waals surface area contributed by atoms with Crippen molar-refractivity contribution in [3.63, 3.8) is 0 Å². The second-order valence-electron chi connectivity index (χ2n) is 5.50. The van der Waals surface area contributed by atoms with E-state index < -0.39 is 0 Å². The first-order chi connectivity index (χ1) is 8.54. The van der Waals surface area contributed by atoms with Crippen molar-refractivity contribution in [2.45, 2.75) is 26.3 Å². The Labute approximate surface area is 112 Å². The van der Waals surface area contributed by atoms with Crippen molar-refractivity contribution >= 4 is 11.6 Å². The van der Waals surface area contributed by atoms with E-state index in [1.165, 1.54) is 6.07 Å². The van der Waals surface area contributed by atoms with E-state index in [-0.39, 0.29) is 22.9 Å². The molecule has 1 aromatic carbocycles. The van der Waals surface area contributed by atoms with E-state index >= 15 is 0 Å². The highest BCUT2D eigenvalue weighted by molar-refractivity contribution is 6.31. The van der Waals surface area contributed by atoms with Gasteiger partial charge in [-0.05, 0) is 31.0 Å². The number of rotatable bonds is 3. The van der Waals surface area contributed by atoms with E-state index in [4.69, 9.17) is 11.6 Å². The molecular weight excluding hydrogens is 253 g/mol. The number of piperidine rings is 1. The maximum Gasteiger partial charge on any atom is 0.142 e. The highest BCUT2D eigenvalue weighted by atomic mass is 35.5. The zero-order valence-corrected chi connectivity index (χ0v) is 11.4. The van der Waals surface area contributed by atoms with Gasteiger partial charge in [-0.25, -0.2) is 4.39 Å². The number of hydrogen-bond acceptors (Lipinski definition) is 2. The maximum atomic E-state index is 13.4. The quantitative estimate of drug-likeness (QED) is 0.913. The number of halogens is 2.